The number of alkyl halides is 6. The molecule has 0 atom stereocenters. The van der Waals surface area contributed by atoms with E-state index in [1.165, 1.54) is 6.92 Å². The Morgan fingerprint density at radius 2 is 1.73 bits per heavy atom. The number of hydrogen-bond donors (Lipinski definition) is 0. The molecule has 0 aliphatic heterocycles. The highest BCUT2D eigenvalue weighted by atomic mass is 32.2. The van der Waals surface area contributed by atoms with E-state index in [0.29, 0.717) is 21.3 Å². The van der Waals surface area contributed by atoms with Crippen LogP contribution in [-0.2, 0) is 22.2 Å². The van der Waals surface area contributed by atoms with Gasteiger partial charge in [-0.15, -0.1) is 0 Å². The summed E-state index contributed by atoms with van der Waals surface area (Å²) >= 11 is 0. The second-order valence-electron chi connectivity index (χ2n) is 6.82. The minimum atomic E-state index is -4.86. The van der Waals surface area contributed by atoms with Gasteiger partial charge in [0, 0.05) is 11.5 Å². The smallest absolute Gasteiger partial charge is 0.267 e. The van der Waals surface area contributed by atoms with Gasteiger partial charge < -0.3 is 0 Å². The van der Waals surface area contributed by atoms with Crippen LogP contribution in [0.25, 0.3) is 22.2 Å². The second kappa shape index (κ2) is 7.26. The predicted molar refractivity (Wildman–Crippen MR) is 102 cm³/mol. The van der Waals surface area contributed by atoms with Crippen LogP contribution in [0.2, 0.25) is 0 Å². The maximum absolute atomic E-state index is 13.1. The average Bonchev–Trinajstić information content (AvgIpc) is 3.16. The van der Waals surface area contributed by atoms with E-state index in [4.69, 9.17) is 0 Å². The number of halogens is 6. The first-order chi connectivity index (χ1) is 15.2. The third-order valence-electron chi connectivity index (χ3n) is 4.72. The van der Waals surface area contributed by atoms with Crippen molar-refractivity contribution in [2.75, 3.05) is 5.75 Å². The van der Waals surface area contributed by atoms with Crippen LogP contribution in [0.3, 0.4) is 0 Å². The van der Waals surface area contributed by atoms with E-state index in [-0.39, 0.29) is 5.39 Å². The third-order valence-corrected chi connectivity index (χ3v) is 6.44. The van der Waals surface area contributed by atoms with Crippen molar-refractivity contribution >= 4 is 26.3 Å². The molecule has 0 spiro atoms. The minimum Gasteiger partial charge on any atom is -0.267 e. The van der Waals surface area contributed by atoms with Crippen LogP contribution in [-0.4, -0.2) is 38.5 Å². The van der Waals surface area contributed by atoms with Crippen molar-refractivity contribution < 1.29 is 34.8 Å². The Bertz CT molecular complexity index is 1570. The molecule has 0 fully saturated rings. The summed E-state index contributed by atoms with van der Waals surface area (Å²) in [6.07, 6.45) is -7.85. The highest BCUT2D eigenvalue weighted by Crippen LogP contribution is 2.31. The Balaban J connectivity index is 2.06. The van der Waals surface area contributed by atoms with Crippen molar-refractivity contribution in [3.8, 4) is 5.82 Å². The van der Waals surface area contributed by atoms with Gasteiger partial charge in [-0.1, -0.05) is 13.0 Å². The molecule has 0 saturated carbocycles. The molecule has 3 heterocycles. The first-order valence-corrected chi connectivity index (χ1v) is 10.7. The first kappa shape index (κ1) is 22.7. The molecular formula is C18H11F6N5O3S. The van der Waals surface area contributed by atoms with E-state index in [1.807, 2.05) is 0 Å². The lowest BCUT2D eigenvalue weighted by molar-refractivity contribution is -0.141. The maximum atomic E-state index is 13.1. The zero-order valence-electron chi connectivity index (χ0n) is 16.3. The predicted octanol–water partition coefficient (Wildman–Crippen LogP) is 3.26. The topological polar surface area (TPSA) is 99.2 Å². The summed E-state index contributed by atoms with van der Waals surface area (Å²) in [6.45, 7) is 1.25. The number of rotatable bonds is 3. The van der Waals surface area contributed by atoms with Gasteiger partial charge in [0.1, 0.15) is 4.90 Å². The summed E-state index contributed by atoms with van der Waals surface area (Å²) in [5.41, 5.74) is -4.08. The van der Waals surface area contributed by atoms with Gasteiger partial charge in [0.2, 0.25) is 0 Å². The lowest BCUT2D eigenvalue weighted by atomic mass is 10.1. The quantitative estimate of drug-likeness (QED) is 0.408. The number of benzene rings is 1. The molecule has 0 aliphatic carbocycles. The molecule has 0 saturated heterocycles. The molecule has 33 heavy (non-hydrogen) atoms. The first-order valence-electron chi connectivity index (χ1n) is 9.02. The van der Waals surface area contributed by atoms with E-state index >= 15 is 0 Å². The van der Waals surface area contributed by atoms with Gasteiger partial charge in [0.25, 0.3) is 5.56 Å². The van der Waals surface area contributed by atoms with Crippen molar-refractivity contribution in [3.63, 3.8) is 0 Å². The fourth-order valence-corrected chi connectivity index (χ4v) is 4.01. The Morgan fingerprint density at radius 1 is 1.03 bits per heavy atom. The molecule has 4 rings (SSSR count). The van der Waals surface area contributed by atoms with Crippen molar-refractivity contribution in [2.24, 2.45) is 0 Å². The van der Waals surface area contributed by atoms with Gasteiger partial charge in [-0.3, -0.25) is 4.79 Å². The molecule has 0 aliphatic rings. The van der Waals surface area contributed by atoms with Gasteiger partial charge in [0.05, 0.1) is 29.1 Å². The summed E-state index contributed by atoms with van der Waals surface area (Å²) in [5, 5.41) is 6.65. The van der Waals surface area contributed by atoms with E-state index in [1.54, 1.807) is 0 Å². The molecule has 3 aromatic heterocycles. The number of fused-ring (bicyclic) bond motifs is 2. The van der Waals surface area contributed by atoms with Gasteiger partial charge >= 0.3 is 12.4 Å². The highest BCUT2D eigenvalue weighted by Gasteiger charge is 2.35. The molecule has 174 valence electrons. The molecule has 0 amide bonds. The van der Waals surface area contributed by atoms with Crippen LogP contribution in [0.4, 0.5) is 26.3 Å². The number of nitrogens with zero attached hydrogens (tertiary/aromatic N) is 5. The van der Waals surface area contributed by atoms with Crippen molar-refractivity contribution in [1.29, 1.82) is 0 Å². The summed E-state index contributed by atoms with van der Waals surface area (Å²) in [6, 6.07) is 2.86. The average molecular weight is 491 g/mol. The van der Waals surface area contributed by atoms with Crippen molar-refractivity contribution in [1.82, 2.24) is 24.4 Å². The standard InChI is InChI=1S/C18H11F6N5O3S/c1-2-33(31,32)12-8-28-14(6-13(27-28)18(22,23)24)26-15(12)29-16(30)11-5-10(17(19,20)21)4-3-9(11)7-25-29/h3-8H,2H2,1H3. The Hall–Kier alpha value is -3.49. The monoisotopic (exact) mass is 491 g/mol. The molecule has 1 aromatic carbocycles. The van der Waals surface area contributed by atoms with Crippen LogP contribution in [0.5, 0.6) is 0 Å². The molecule has 0 N–H and O–H groups in total. The van der Waals surface area contributed by atoms with Crippen LogP contribution in [0, 0.1) is 0 Å². The molecular weight excluding hydrogens is 480 g/mol. The van der Waals surface area contributed by atoms with Crippen LogP contribution in [0.1, 0.15) is 18.2 Å². The second-order valence-corrected chi connectivity index (χ2v) is 9.07. The lowest BCUT2D eigenvalue weighted by Gasteiger charge is -2.12. The fraction of sp³-hybridized carbons (Fsp3) is 0.222. The summed E-state index contributed by atoms with van der Waals surface area (Å²) < 4.78 is 105. The highest BCUT2D eigenvalue weighted by molar-refractivity contribution is 7.91. The molecule has 4 aromatic rings. The Labute approximate surface area is 180 Å². The molecule has 0 radical (unpaired) electrons. The minimum absolute atomic E-state index is 0.0361. The molecule has 15 heteroatoms. The van der Waals surface area contributed by atoms with Crippen molar-refractivity contribution in [3.05, 3.63) is 58.3 Å². The van der Waals surface area contributed by atoms with E-state index < -0.39 is 66.5 Å². The van der Waals surface area contributed by atoms with Gasteiger partial charge in [-0.25, -0.2) is 17.9 Å². The largest absolute Gasteiger partial charge is 0.435 e. The fourth-order valence-electron chi connectivity index (χ4n) is 3.03. The zero-order valence-corrected chi connectivity index (χ0v) is 17.1. The molecule has 0 unspecified atom stereocenters. The van der Waals surface area contributed by atoms with Gasteiger partial charge in [-0.05, 0) is 12.1 Å². The number of sulfone groups is 1. The molecule has 8 nitrogen and oxygen atoms in total. The maximum Gasteiger partial charge on any atom is 0.435 e. The summed E-state index contributed by atoms with van der Waals surface area (Å²) in [4.78, 5) is 16.1. The summed E-state index contributed by atoms with van der Waals surface area (Å²) in [5.74, 6) is -1.18. The Morgan fingerprint density at radius 3 is 2.33 bits per heavy atom. The third kappa shape index (κ3) is 3.92. The van der Waals surface area contributed by atoms with Crippen molar-refractivity contribution in [2.45, 2.75) is 24.2 Å². The SMILES string of the molecule is CCS(=O)(=O)c1cn2nc(C(F)(F)F)cc2nc1-n1ncc2ccc(C(F)(F)F)cc2c1=O. The van der Waals surface area contributed by atoms with Crippen LogP contribution >= 0.6 is 0 Å². The number of aromatic nitrogens is 5. The van der Waals surface area contributed by atoms with E-state index in [2.05, 4.69) is 15.2 Å². The van der Waals surface area contributed by atoms with E-state index in [9.17, 15) is 39.6 Å². The Kier molecular flexibility index (Phi) is 4.99. The normalized spacial score (nSPS) is 13.2. The van der Waals surface area contributed by atoms with Crippen LogP contribution < -0.4 is 5.56 Å². The van der Waals surface area contributed by atoms with E-state index in [0.717, 1.165) is 24.5 Å². The van der Waals surface area contributed by atoms with Gasteiger partial charge in [-0.2, -0.15) is 41.2 Å². The lowest BCUT2D eigenvalue weighted by Crippen LogP contribution is -2.25. The molecule has 0 bridgehead atoms. The van der Waals surface area contributed by atoms with Gasteiger partial charge in [0.15, 0.2) is 27.0 Å². The summed E-state index contributed by atoms with van der Waals surface area (Å²) in [7, 11) is -4.18. The van der Waals surface area contributed by atoms with Crippen LogP contribution in [0.15, 0.2) is 46.3 Å². The zero-order chi connectivity index (χ0) is 24.3. The number of hydrogen-bond acceptors (Lipinski definition) is 6.